The maximum Gasteiger partial charge on any atom is 0.267 e. The van der Waals surface area contributed by atoms with Crippen LogP contribution in [0, 0.1) is 0 Å². The number of benzene rings is 2. The molecule has 0 aromatic heterocycles. The Hall–Kier alpha value is -3.19. The van der Waals surface area contributed by atoms with Gasteiger partial charge >= 0.3 is 0 Å². The van der Waals surface area contributed by atoms with Gasteiger partial charge < -0.3 is 11.1 Å². The number of rotatable bonds is 7. The summed E-state index contributed by atoms with van der Waals surface area (Å²) in [5, 5.41) is 9.02. The van der Waals surface area contributed by atoms with Gasteiger partial charge in [0.2, 0.25) is 5.91 Å². The number of nitrogens with zero attached hydrogens (tertiary/aromatic N) is 3. The SMILES string of the molecule is NC(=O)[C@@H]1CC(C(=O)NC[C@@H](c2ccccc2)N2CCCC2)=NN1c1ccccc1. The molecule has 4 rings (SSSR count). The van der Waals surface area contributed by atoms with E-state index in [2.05, 4.69) is 27.5 Å². The topological polar surface area (TPSA) is 91.0 Å². The van der Waals surface area contributed by atoms with Crippen LogP contribution in [-0.4, -0.2) is 48.1 Å². The Morgan fingerprint density at radius 1 is 1.03 bits per heavy atom. The van der Waals surface area contributed by atoms with Crippen LogP contribution in [0.2, 0.25) is 0 Å². The Bertz CT molecular complexity index is 910. The molecule has 156 valence electrons. The molecular formula is C23H27N5O2. The molecular weight excluding hydrogens is 378 g/mol. The first-order chi connectivity index (χ1) is 14.6. The lowest BCUT2D eigenvalue weighted by atomic mass is 10.1. The summed E-state index contributed by atoms with van der Waals surface area (Å²) in [5.74, 6) is -0.746. The van der Waals surface area contributed by atoms with Gasteiger partial charge in [-0.25, -0.2) is 0 Å². The molecule has 2 aromatic rings. The first kappa shape index (κ1) is 20.1. The lowest BCUT2D eigenvalue weighted by Gasteiger charge is -2.28. The molecule has 1 saturated heterocycles. The maximum atomic E-state index is 12.9. The lowest BCUT2D eigenvalue weighted by molar-refractivity contribution is -0.119. The summed E-state index contributed by atoms with van der Waals surface area (Å²) in [6.07, 6.45) is 2.56. The number of carbonyl (C=O) groups excluding carboxylic acids is 2. The normalized spacial score (nSPS) is 20.1. The van der Waals surface area contributed by atoms with Gasteiger partial charge in [-0.1, -0.05) is 48.5 Å². The van der Waals surface area contributed by atoms with E-state index in [4.69, 9.17) is 5.73 Å². The van der Waals surface area contributed by atoms with Crippen molar-refractivity contribution in [2.45, 2.75) is 31.3 Å². The highest BCUT2D eigenvalue weighted by atomic mass is 16.2. The van der Waals surface area contributed by atoms with E-state index in [1.165, 1.54) is 18.4 Å². The molecule has 2 aliphatic heterocycles. The van der Waals surface area contributed by atoms with Crippen LogP contribution in [0.1, 0.15) is 30.9 Å². The number of carbonyl (C=O) groups is 2. The molecule has 2 aromatic carbocycles. The monoisotopic (exact) mass is 405 g/mol. The second kappa shape index (κ2) is 9.09. The van der Waals surface area contributed by atoms with Gasteiger partial charge in [0, 0.05) is 13.0 Å². The van der Waals surface area contributed by atoms with Gasteiger partial charge in [-0.05, 0) is 43.6 Å². The number of para-hydroxylation sites is 1. The van der Waals surface area contributed by atoms with Crippen LogP contribution in [-0.2, 0) is 9.59 Å². The first-order valence-corrected chi connectivity index (χ1v) is 10.4. The van der Waals surface area contributed by atoms with E-state index in [1.807, 2.05) is 48.5 Å². The van der Waals surface area contributed by atoms with Crippen molar-refractivity contribution in [1.82, 2.24) is 10.2 Å². The Morgan fingerprint density at radius 2 is 1.67 bits per heavy atom. The predicted molar refractivity (Wildman–Crippen MR) is 117 cm³/mol. The second-order valence-electron chi connectivity index (χ2n) is 7.73. The largest absolute Gasteiger partial charge is 0.368 e. The third kappa shape index (κ3) is 4.36. The van der Waals surface area contributed by atoms with Gasteiger partial charge in [0.25, 0.3) is 5.91 Å². The molecule has 0 radical (unpaired) electrons. The Kier molecular flexibility index (Phi) is 6.09. The number of hydrogen-bond acceptors (Lipinski definition) is 5. The number of hydrogen-bond donors (Lipinski definition) is 2. The maximum absolute atomic E-state index is 12.9. The van der Waals surface area contributed by atoms with Crippen LogP contribution in [0.25, 0.3) is 0 Å². The van der Waals surface area contributed by atoms with Crippen molar-refractivity contribution in [2.24, 2.45) is 10.8 Å². The molecule has 2 heterocycles. The average molecular weight is 406 g/mol. The van der Waals surface area contributed by atoms with E-state index in [9.17, 15) is 9.59 Å². The molecule has 0 bridgehead atoms. The van der Waals surface area contributed by atoms with Crippen molar-refractivity contribution >= 4 is 23.2 Å². The Labute approximate surface area is 176 Å². The fourth-order valence-electron chi connectivity index (χ4n) is 4.17. The van der Waals surface area contributed by atoms with Gasteiger partial charge in [-0.3, -0.25) is 19.5 Å². The van der Waals surface area contributed by atoms with E-state index in [0.717, 1.165) is 18.8 Å². The van der Waals surface area contributed by atoms with Crippen molar-refractivity contribution in [1.29, 1.82) is 0 Å². The van der Waals surface area contributed by atoms with Crippen molar-refractivity contribution < 1.29 is 9.59 Å². The molecule has 3 N–H and O–H groups in total. The summed E-state index contributed by atoms with van der Waals surface area (Å²) >= 11 is 0. The van der Waals surface area contributed by atoms with Crippen molar-refractivity contribution in [3.8, 4) is 0 Å². The summed E-state index contributed by atoms with van der Waals surface area (Å²) < 4.78 is 0. The third-order valence-corrected chi connectivity index (χ3v) is 5.74. The highest BCUT2D eigenvalue weighted by Gasteiger charge is 2.35. The first-order valence-electron chi connectivity index (χ1n) is 10.4. The number of likely N-dealkylation sites (tertiary alicyclic amines) is 1. The molecule has 2 atom stereocenters. The van der Waals surface area contributed by atoms with Crippen molar-refractivity contribution in [2.75, 3.05) is 24.6 Å². The van der Waals surface area contributed by atoms with Crippen molar-refractivity contribution in [3.63, 3.8) is 0 Å². The minimum atomic E-state index is -0.656. The van der Waals surface area contributed by atoms with E-state index >= 15 is 0 Å². The molecule has 0 unspecified atom stereocenters. The number of amides is 2. The zero-order chi connectivity index (χ0) is 20.9. The molecule has 2 aliphatic rings. The number of nitrogens with two attached hydrogens (primary N) is 1. The standard InChI is InChI=1S/C23H27N5O2/c24-22(29)20-15-19(26-28(20)18-11-5-2-6-12-18)23(30)25-16-21(27-13-7-8-14-27)17-9-3-1-4-10-17/h1-6,9-12,20-21H,7-8,13-16H2,(H2,24,29)(H,25,30)/t20-,21-/m0/s1. The molecule has 2 amide bonds. The van der Waals surface area contributed by atoms with Gasteiger partial charge in [0.15, 0.2) is 0 Å². The Balaban J connectivity index is 1.47. The minimum absolute atomic E-state index is 0.122. The second-order valence-corrected chi connectivity index (χ2v) is 7.73. The van der Waals surface area contributed by atoms with Gasteiger partial charge in [-0.2, -0.15) is 5.10 Å². The fourth-order valence-corrected chi connectivity index (χ4v) is 4.17. The predicted octanol–water partition coefficient (Wildman–Crippen LogP) is 2.06. The fraction of sp³-hybridized carbons (Fsp3) is 0.348. The highest BCUT2D eigenvalue weighted by Crippen LogP contribution is 2.26. The van der Waals surface area contributed by atoms with Crippen LogP contribution in [0.4, 0.5) is 5.69 Å². The summed E-state index contributed by atoms with van der Waals surface area (Å²) in [6.45, 7) is 2.55. The van der Waals surface area contributed by atoms with Gasteiger partial charge in [-0.15, -0.1) is 0 Å². The van der Waals surface area contributed by atoms with Gasteiger partial charge in [0.1, 0.15) is 11.8 Å². The summed E-state index contributed by atoms with van der Waals surface area (Å²) in [6, 6.07) is 19.0. The van der Waals surface area contributed by atoms with E-state index < -0.39 is 11.9 Å². The van der Waals surface area contributed by atoms with Crippen LogP contribution >= 0.6 is 0 Å². The number of hydrazone groups is 1. The quantitative estimate of drug-likeness (QED) is 0.738. The molecule has 0 spiro atoms. The third-order valence-electron chi connectivity index (χ3n) is 5.74. The summed E-state index contributed by atoms with van der Waals surface area (Å²) in [7, 11) is 0. The molecule has 0 aliphatic carbocycles. The van der Waals surface area contributed by atoms with Crippen LogP contribution in [0.3, 0.4) is 0 Å². The summed E-state index contributed by atoms with van der Waals surface area (Å²) in [4.78, 5) is 27.3. The van der Waals surface area contributed by atoms with Crippen LogP contribution in [0.15, 0.2) is 65.8 Å². The molecule has 7 nitrogen and oxygen atoms in total. The minimum Gasteiger partial charge on any atom is -0.368 e. The zero-order valence-electron chi connectivity index (χ0n) is 16.9. The highest BCUT2D eigenvalue weighted by molar-refractivity contribution is 6.40. The smallest absolute Gasteiger partial charge is 0.267 e. The zero-order valence-corrected chi connectivity index (χ0v) is 16.9. The molecule has 0 saturated carbocycles. The van der Waals surface area contributed by atoms with E-state index in [1.54, 1.807) is 5.01 Å². The van der Waals surface area contributed by atoms with Gasteiger partial charge in [0.05, 0.1) is 11.7 Å². The molecule has 30 heavy (non-hydrogen) atoms. The Morgan fingerprint density at radius 3 is 2.30 bits per heavy atom. The number of anilines is 1. The van der Waals surface area contributed by atoms with E-state index in [0.29, 0.717) is 12.3 Å². The number of primary amides is 1. The number of nitrogens with one attached hydrogen (secondary N) is 1. The van der Waals surface area contributed by atoms with Crippen LogP contribution < -0.4 is 16.1 Å². The molecule has 1 fully saturated rings. The lowest BCUT2D eigenvalue weighted by Crippen LogP contribution is -2.41. The summed E-state index contributed by atoms with van der Waals surface area (Å²) in [5.41, 5.74) is 7.83. The van der Waals surface area contributed by atoms with Crippen molar-refractivity contribution in [3.05, 3.63) is 66.2 Å². The van der Waals surface area contributed by atoms with Crippen LogP contribution in [0.5, 0.6) is 0 Å². The molecule has 7 heteroatoms. The van der Waals surface area contributed by atoms with E-state index in [-0.39, 0.29) is 18.4 Å². The average Bonchev–Trinajstić information content (AvgIpc) is 3.46.